The van der Waals surface area contributed by atoms with E-state index in [4.69, 9.17) is 0 Å². The third-order valence-electron chi connectivity index (χ3n) is 5.39. The van der Waals surface area contributed by atoms with Gasteiger partial charge in [0.25, 0.3) is 0 Å². The molecule has 144 valence electrons. The number of halogens is 1. The smallest absolute Gasteiger partial charge is 0.227 e. The predicted octanol–water partition coefficient (Wildman–Crippen LogP) is 2.63. The molecule has 1 fully saturated rings. The van der Waals surface area contributed by atoms with Crippen LogP contribution in [0.3, 0.4) is 0 Å². The van der Waals surface area contributed by atoms with E-state index >= 15 is 0 Å². The van der Waals surface area contributed by atoms with E-state index in [1.165, 1.54) is 5.56 Å². The lowest BCUT2D eigenvalue weighted by molar-refractivity contribution is -0.132. The number of nitrogens with zero attached hydrogens (tertiary/aromatic N) is 2. The molecule has 0 saturated carbocycles. The molecule has 0 atom stereocenters. The summed E-state index contributed by atoms with van der Waals surface area (Å²) in [5.41, 5.74) is 2.19. The number of amides is 2. The summed E-state index contributed by atoms with van der Waals surface area (Å²) in [6.45, 7) is 6.37. The lowest BCUT2D eigenvalue weighted by atomic mass is 9.96. The first-order valence-corrected chi connectivity index (χ1v) is 9.55. The Morgan fingerprint density at radius 3 is 2.65 bits per heavy atom. The minimum atomic E-state index is 0. The van der Waals surface area contributed by atoms with Gasteiger partial charge in [0.1, 0.15) is 0 Å². The van der Waals surface area contributed by atoms with Crippen molar-refractivity contribution in [2.24, 2.45) is 5.92 Å². The molecule has 0 aliphatic carbocycles. The van der Waals surface area contributed by atoms with E-state index in [0.29, 0.717) is 25.3 Å². The van der Waals surface area contributed by atoms with Gasteiger partial charge in [-0.1, -0.05) is 25.1 Å². The Bertz CT molecular complexity index is 615. The van der Waals surface area contributed by atoms with E-state index in [-0.39, 0.29) is 24.2 Å². The molecule has 2 heterocycles. The van der Waals surface area contributed by atoms with Gasteiger partial charge in [0.05, 0.1) is 0 Å². The number of rotatable bonds is 6. The van der Waals surface area contributed by atoms with Gasteiger partial charge in [-0.15, -0.1) is 12.4 Å². The van der Waals surface area contributed by atoms with Crippen LogP contribution in [0.4, 0.5) is 5.69 Å². The molecule has 0 bridgehead atoms. The van der Waals surface area contributed by atoms with Crippen LogP contribution in [-0.2, 0) is 16.0 Å². The van der Waals surface area contributed by atoms with Crippen LogP contribution in [0.15, 0.2) is 24.3 Å². The Kier molecular flexibility index (Phi) is 7.91. The quantitative estimate of drug-likeness (QED) is 0.826. The van der Waals surface area contributed by atoms with Gasteiger partial charge in [0.2, 0.25) is 11.8 Å². The third kappa shape index (κ3) is 4.98. The number of hydrogen-bond donors (Lipinski definition) is 1. The van der Waals surface area contributed by atoms with Gasteiger partial charge >= 0.3 is 0 Å². The fourth-order valence-corrected chi connectivity index (χ4v) is 3.84. The summed E-state index contributed by atoms with van der Waals surface area (Å²) in [6.07, 6.45) is 3.91. The Morgan fingerprint density at radius 2 is 1.92 bits per heavy atom. The number of likely N-dealkylation sites (tertiary alicyclic amines) is 1. The SMILES string of the molecule is CCNCC1CCN(C(=O)CCN2C(=O)CCc3ccccc32)CC1.Cl. The molecule has 0 aromatic heterocycles. The van der Waals surface area contributed by atoms with Crippen molar-refractivity contribution in [2.45, 2.75) is 39.0 Å². The second-order valence-electron chi connectivity index (χ2n) is 7.06. The maximum absolute atomic E-state index is 12.6. The third-order valence-corrected chi connectivity index (χ3v) is 5.39. The average molecular weight is 380 g/mol. The molecule has 0 spiro atoms. The van der Waals surface area contributed by atoms with Gasteiger partial charge in [0, 0.05) is 38.2 Å². The Labute approximate surface area is 162 Å². The van der Waals surface area contributed by atoms with Crippen LogP contribution in [0, 0.1) is 5.92 Å². The zero-order valence-corrected chi connectivity index (χ0v) is 16.4. The molecule has 1 N–H and O–H groups in total. The van der Waals surface area contributed by atoms with E-state index < -0.39 is 0 Å². The number of para-hydroxylation sites is 1. The fourth-order valence-electron chi connectivity index (χ4n) is 3.84. The molecule has 26 heavy (non-hydrogen) atoms. The highest BCUT2D eigenvalue weighted by Crippen LogP contribution is 2.27. The van der Waals surface area contributed by atoms with Crippen molar-refractivity contribution in [3.63, 3.8) is 0 Å². The van der Waals surface area contributed by atoms with Crippen molar-refractivity contribution < 1.29 is 9.59 Å². The number of nitrogens with one attached hydrogen (secondary N) is 1. The maximum Gasteiger partial charge on any atom is 0.227 e. The van der Waals surface area contributed by atoms with Gasteiger partial charge in [-0.05, 0) is 49.9 Å². The zero-order valence-electron chi connectivity index (χ0n) is 15.6. The number of aryl methyl sites for hydroxylation is 1. The summed E-state index contributed by atoms with van der Waals surface area (Å²) in [5.74, 6) is 0.994. The minimum absolute atomic E-state index is 0. The van der Waals surface area contributed by atoms with Gasteiger partial charge in [-0.2, -0.15) is 0 Å². The molecule has 2 aliphatic rings. The molecular formula is C20H30ClN3O2. The summed E-state index contributed by atoms with van der Waals surface area (Å²) in [7, 11) is 0. The van der Waals surface area contributed by atoms with E-state index in [9.17, 15) is 9.59 Å². The number of carbonyl (C=O) groups excluding carboxylic acids is 2. The van der Waals surface area contributed by atoms with Crippen molar-refractivity contribution in [2.75, 3.05) is 37.6 Å². The molecule has 0 unspecified atom stereocenters. The van der Waals surface area contributed by atoms with E-state index in [0.717, 1.165) is 51.1 Å². The summed E-state index contributed by atoms with van der Waals surface area (Å²) >= 11 is 0. The van der Waals surface area contributed by atoms with E-state index in [2.05, 4.69) is 18.3 Å². The molecule has 3 rings (SSSR count). The highest BCUT2D eigenvalue weighted by molar-refractivity contribution is 5.97. The van der Waals surface area contributed by atoms with Crippen molar-refractivity contribution in [1.29, 1.82) is 0 Å². The molecule has 2 amide bonds. The van der Waals surface area contributed by atoms with Gasteiger partial charge < -0.3 is 15.1 Å². The Hall–Kier alpha value is -1.59. The highest BCUT2D eigenvalue weighted by atomic mass is 35.5. The Balaban J connectivity index is 0.00000243. The standard InChI is InChI=1S/C20H29N3O2.ClH/c1-2-21-15-16-9-12-22(13-10-16)19(24)11-14-23-18-6-4-3-5-17(18)7-8-20(23)25;/h3-6,16,21H,2,7-15H2,1H3;1H. The number of piperidine rings is 1. The van der Waals surface area contributed by atoms with Crippen molar-refractivity contribution in [3.05, 3.63) is 29.8 Å². The summed E-state index contributed by atoms with van der Waals surface area (Å²) in [4.78, 5) is 28.6. The van der Waals surface area contributed by atoms with E-state index in [1.807, 2.05) is 23.1 Å². The van der Waals surface area contributed by atoms with Gasteiger partial charge in [-0.25, -0.2) is 0 Å². The zero-order chi connectivity index (χ0) is 17.6. The van der Waals surface area contributed by atoms with Crippen LogP contribution in [0.2, 0.25) is 0 Å². The van der Waals surface area contributed by atoms with Crippen molar-refractivity contribution in [3.8, 4) is 0 Å². The van der Waals surface area contributed by atoms with Crippen molar-refractivity contribution in [1.82, 2.24) is 10.2 Å². The van der Waals surface area contributed by atoms with Crippen LogP contribution in [0.25, 0.3) is 0 Å². The van der Waals surface area contributed by atoms with Crippen LogP contribution in [0.5, 0.6) is 0 Å². The molecule has 0 radical (unpaired) electrons. The van der Waals surface area contributed by atoms with Crippen LogP contribution in [-0.4, -0.2) is 49.4 Å². The second kappa shape index (κ2) is 9.93. The predicted molar refractivity (Wildman–Crippen MR) is 107 cm³/mol. The first kappa shape index (κ1) is 20.7. The summed E-state index contributed by atoms with van der Waals surface area (Å²) in [6, 6.07) is 8.03. The average Bonchev–Trinajstić information content (AvgIpc) is 2.65. The first-order valence-electron chi connectivity index (χ1n) is 9.55. The molecule has 5 nitrogen and oxygen atoms in total. The summed E-state index contributed by atoms with van der Waals surface area (Å²) < 4.78 is 0. The van der Waals surface area contributed by atoms with Gasteiger partial charge in [0.15, 0.2) is 0 Å². The van der Waals surface area contributed by atoms with Crippen LogP contribution >= 0.6 is 12.4 Å². The number of benzene rings is 1. The van der Waals surface area contributed by atoms with Crippen LogP contribution in [0.1, 0.15) is 38.2 Å². The molecular weight excluding hydrogens is 350 g/mol. The lowest BCUT2D eigenvalue weighted by Gasteiger charge is -2.33. The van der Waals surface area contributed by atoms with Crippen LogP contribution < -0.4 is 10.2 Å². The van der Waals surface area contributed by atoms with Crippen molar-refractivity contribution >= 4 is 29.9 Å². The number of hydrogen-bond acceptors (Lipinski definition) is 3. The van der Waals surface area contributed by atoms with E-state index in [1.54, 1.807) is 4.90 Å². The topological polar surface area (TPSA) is 52.7 Å². The highest BCUT2D eigenvalue weighted by Gasteiger charge is 2.26. The normalized spacial score (nSPS) is 17.7. The molecule has 1 aromatic carbocycles. The minimum Gasteiger partial charge on any atom is -0.343 e. The van der Waals surface area contributed by atoms with Gasteiger partial charge in [-0.3, -0.25) is 9.59 Å². The monoisotopic (exact) mass is 379 g/mol. The number of carbonyl (C=O) groups is 2. The largest absolute Gasteiger partial charge is 0.343 e. The fraction of sp³-hybridized carbons (Fsp3) is 0.600. The number of fused-ring (bicyclic) bond motifs is 1. The molecule has 2 aliphatic heterocycles. The molecule has 1 aromatic rings. The molecule has 6 heteroatoms. The maximum atomic E-state index is 12.6. The number of anilines is 1. The second-order valence-corrected chi connectivity index (χ2v) is 7.06. The Morgan fingerprint density at radius 1 is 1.19 bits per heavy atom. The first-order chi connectivity index (χ1) is 12.2. The lowest BCUT2D eigenvalue weighted by Crippen LogP contribution is -2.43. The molecule has 1 saturated heterocycles. The summed E-state index contributed by atoms with van der Waals surface area (Å²) in [5, 5.41) is 3.40.